The Labute approximate surface area is 124 Å². The van der Waals surface area contributed by atoms with Gasteiger partial charge in [0.05, 0.1) is 6.61 Å². The summed E-state index contributed by atoms with van der Waals surface area (Å²) < 4.78 is 23.1. The van der Waals surface area contributed by atoms with Crippen molar-refractivity contribution in [2.45, 2.75) is 0 Å². The number of halogens is 2. The van der Waals surface area contributed by atoms with Crippen molar-refractivity contribution in [3.05, 3.63) is 30.1 Å². The molecule has 7 heteroatoms. The van der Waals surface area contributed by atoms with Crippen LogP contribution in [0.1, 0.15) is 0 Å². The second-order valence-electron chi connectivity index (χ2n) is 3.81. The van der Waals surface area contributed by atoms with Gasteiger partial charge in [-0.3, -0.25) is 4.79 Å². The van der Waals surface area contributed by atoms with Crippen molar-refractivity contribution < 1.29 is 18.7 Å². The molecule has 0 heterocycles. The quantitative estimate of drug-likeness (QED) is 0.668. The van der Waals surface area contributed by atoms with Crippen LogP contribution in [0.25, 0.3) is 0 Å². The molecule has 0 saturated heterocycles. The minimum Gasteiger partial charge on any atom is -0.481 e. The molecule has 1 amide bonds. The minimum absolute atomic E-state index is 0. The number of hydrogen-bond acceptors (Lipinski definition) is 4. The molecule has 0 fully saturated rings. The summed E-state index contributed by atoms with van der Waals surface area (Å²) in [5.74, 6) is -0.677. The van der Waals surface area contributed by atoms with Gasteiger partial charge >= 0.3 is 0 Å². The van der Waals surface area contributed by atoms with Crippen molar-refractivity contribution >= 4 is 18.3 Å². The number of rotatable bonds is 9. The summed E-state index contributed by atoms with van der Waals surface area (Å²) >= 11 is 0. The number of methoxy groups -OCH3 is 1. The van der Waals surface area contributed by atoms with E-state index < -0.39 is 5.82 Å². The van der Waals surface area contributed by atoms with Crippen LogP contribution < -0.4 is 15.4 Å². The van der Waals surface area contributed by atoms with Gasteiger partial charge in [-0.25, -0.2) is 4.39 Å². The zero-order valence-corrected chi connectivity index (χ0v) is 12.2. The predicted molar refractivity (Wildman–Crippen MR) is 76.9 cm³/mol. The van der Waals surface area contributed by atoms with E-state index in [4.69, 9.17) is 9.47 Å². The van der Waals surface area contributed by atoms with Crippen molar-refractivity contribution in [3.8, 4) is 5.75 Å². The van der Waals surface area contributed by atoms with Gasteiger partial charge in [0.2, 0.25) is 0 Å². The molecule has 0 bridgehead atoms. The lowest BCUT2D eigenvalue weighted by Gasteiger charge is -2.08. The average Bonchev–Trinajstić information content (AvgIpc) is 2.42. The Bertz CT molecular complexity index is 394. The molecular formula is C13H20ClFN2O3. The largest absolute Gasteiger partial charge is 0.481 e. The molecule has 2 N–H and O–H groups in total. The average molecular weight is 307 g/mol. The number of benzene rings is 1. The Hall–Kier alpha value is -1.37. The highest BCUT2D eigenvalue weighted by Crippen LogP contribution is 2.14. The molecule has 20 heavy (non-hydrogen) atoms. The van der Waals surface area contributed by atoms with Crippen molar-refractivity contribution in [1.82, 2.24) is 10.6 Å². The van der Waals surface area contributed by atoms with Crippen molar-refractivity contribution in [3.63, 3.8) is 0 Å². The van der Waals surface area contributed by atoms with Crippen LogP contribution in [0, 0.1) is 5.82 Å². The minimum atomic E-state index is -0.475. The molecule has 114 valence electrons. The Morgan fingerprint density at radius 3 is 2.70 bits per heavy atom. The second kappa shape index (κ2) is 11.5. The van der Waals surface area contributed by atoms with E-state index in [2.05, 4.69) is 10.6 Å². The molecule has 0 aliphatic carbocycles. The van der Waals surface area contributed by atoms with Crippen LogP contribution in [0.3, 0.4) is 0 Å². The molecule has 0 saturated carbocycles. The summed E-state index contributed by atoms with van der Waals surface area (Å²) in [5.41, 5.74) is 0. The fourth-order valence-electron chi connectivity index (χ4n) is 1.35. The third kappa shape index (κ3) is 7.93. The number of nitrogens with one attached hydrogen (secondary N) is 2. The molecule has 0 spiro atoms. The lowest BCUT2D eigenvalue weighted by molar-refractivity contribution is -0.123. The van der Waals surface area contributed by atoms with Crippen LogP contribution >= 0.6 is 12.4 Å². The standard InChI is InChI=1S/C13H19FN2O3.ClH/c1-18-9-8-15-6-7-16-13(17)10-19-12-5-3-2-4-11(12)14;/h2-5,15H,6-10H2,1H3,(H,16,17);1H. The zero-order chi connectivity index (χ0) is 13.9. The van der Waals surface area contributed by atoms with Crippen LogP contribution in [0.5, 0.6) is 5.75 Å². The third-order valence-electron chi connectivity index (χ3n) is 2.30. The van der Waals surface area contributed by atoms with Crippen LogP contribution in [-0.4, -0.2) is 45.9 Å². The molecule has 0 radical (unpaired) electrons. The summed E-state index contributed by atoms with van der Waals surface area (Å²) in [7, 11) is 1.63. The number of amides is 1. The zero-order valence-electron chi connectivity index (χ0n) is 11.4. The number of hydrogen-bond donors (Lipinski definition) is 2. The first-order valence-electron chi connectivity index (χ1n) is 6.07. The SMILES string of the molecule is COCCNCCNC(=O)COc1ccccc1F.Cl. The first kappa shape index (κ1) is 18.6. The van der Waals surface area contributed by atoms with Gasteiger partial charge in [0, 0.05) is 26.7 Å². The Kier molecular flexibility index (Phi) is 10.7. The van der Waals surface area contributed by atoms with Gasteiger partial charge in [0.15, 0.2) is 18.2 Å². The molecule has 5 nitrogen and oxygen atoms in total. The fraction of sp³-hybridized carbons (Fsp3) is 0.462. The van der Waals surface area contributed by atoms with Gasteiger partial charge in [-0.05, 0) is 12.1 Å². The summed E-state index contributed by atoms with van der Waals surface area (Å²) in [6.45, 7) is 2.30. The Morgan fingerprint density at radius 2 is 2.00 bits per heavy atom. The number of para-hydroxylation sites is 1. The van der Waals surface area contributed by atoms with Gasteiger partial charge in [-0.1, -0.05) is 12.1 Å². The van der Waals surface area contributed by atoms with E-state index in [1.54, 1.807) is 19.2 Å². The maximum absolute atomic E-state index is 13.2. The lowest BCUT2D eigenvalue weighted by Crippen LogP contribution is -2.35. The number of ether oxygens (including phenoxy) is 2. The van der Waals surface area contributed by atoms with E-state index in [0.29, 0.717) is 19.7 Å². The predicted octanol–water partition coefficient (Wildman–Crippen LogP) is 0.978. The van der Waals surface area contributed by atoms with E-state index in [-0.39, 0.29) is 30.7 Å². The van der Waals surface area contributed by atoms with Gasteiger partial charge in [0.1, 0.15) is 0 Å². The number of carbonyl (C=O) groups is 1. The lowest BCUT2D eigenvalue weighted by atomic mass is 10.3. The Balaban J connectivity index is 0.00000361. The first-order valence-corrected chi connectivity index (χ1v) is 6.07. The molecule has 1 aromatic rings. The topological polar surface area (TPSA) is 59.6 Å². The molecule has 1 aromatic carbocycles. The number of carbonyl (C=O) groups excluding carboxylic acids is 1. The van der Waals surface area contributed by atoms with Gasteiger partial charge in [-0.2, -0.15) is 0 Å². The summed E-state index contributed by atoms with van der Waals surface area (Å²) in [6, 6.07) is 5.98. The normalized spacial score (nSPS) is 9.70. The maximum Gasteiger partial charge on any atom is 0.257 e. The molecule has 0 atom stereocenters. The third-order valence-corrected chi connectivity index (χ3v) is 2.30. The van der Waals surface area contributed by atoms with Gasteiger partial charge < -0.3 is 20.1 Å². The van der Waals surface area contributed by atoms with Crippen LogP contribution in [-0.2, 0) is 9.53 Å². The monoisotopic (exact) mass is 306 g/mol. The molecule has 1 rings (SSSR count). The highest BCUT2D eigenvalue weighted by molar-refractivity contribution is 5.85. The second-order valence-corrected chi connectivity index (χ2v) is 3.81. The molecule has 0 aromatic heterocycles. The van der Waals surface area contributed by atoms with E-state index >= 15 is 0 Å². The van der Waals surface area contributed by atoms with Crippen molar-refractivity contribution in [2.24, 2.45) is 0 Å². The highest BCUT2D eigenvalue weighted by atomic mass is 35.5. The van der Waals surface area contributed by atoms with E-state index in [0.717, 1.165) is 6.54 Å². The molecule has 0 aliphatic heterocycles. The molecular weight excluding hydrogens is 287 g/mol. The van der Waals surface area contributed by atoms with E-state index in [9.17, 15) is 9.18 Å². The van der Waals surface area contributed by atoms with Crippen LogP contribution in [0.15, 0.2) is 24.3 Å². The Morgan fingerprint density at radius 1 is 1.25 bits per heavy atom. The summed E-state index contributed by atoms with van der Waals surface area (Å²) in [6.07, 6.45) is 0. The molecule has 0 unspecified atom stereocenters. The van der Waals surface area contributed by atoms with Gasteiger partial charge in [0.25, 0.3) is 5.91 Å². The van der Waals surface area contributed by atoms with E-state index in [1.165, 1.54) is 12.1 Å². The summed E-state index contributed by atoms with van der Waals surface area (Å²) in [4.78, 5) is 11.4. The summed E-state index contributed by atoms with van der Waals surface area (Å²) in [5, 5.41) is 5.74. The fourth-order valence-corrected chi connectivity index (χ4v) is 1.35. The van der Waals surface area contributed by atoms with Crippen LogP contribution in [0.2, 0.25) is 0 Å². The van der Waals surface area contributed by atoms with Crippen LogP contribution in [0.4, 0.5) is 4.39 Å². The highest BCUT2D eigenvalue weighted by Gasteiger charge is 2.05. The smallest absolute Gasteiger partial charge is 0.257 e. The molecule has 0 aliphatic rings. The maximum atomic E-state index is 13.2. The van der Waals surface area contributed by atoms with Crippen molar-refractivity contribution in [1.29, 1.82) is 0 Å². The van der Waals surface area contributed by atoms with Crippen molar-refractivity contribution in [2.75, 3.05) is 40.0 Å². The first-order chi connectivity index (χ1) is 9.24. The van der Waals surface area contributed by atoms with E-state index in [1.807, 2.05) is 0 Å². The van der Waals surface area contributed by atoms with Gasteiger partial charge in [-0.15, -0.1) is 12.4 Å².